The van der Waals surface area contributed by atoms with Gasteiger partial charge in [0.05, 0.1) is 5.41 Å². The second kappa shape index (κ2) is 6.53. The van der Waals surface area contributed by atoms with Gasteiger partial charge < -0.3 is 10.8 Å². The third-order valence-corrected chi connectivity index (χ3v) is 4.22. The minimum Gasteiger partial charge on any atom is -0.481 e. The van der Waals surface area contributed by atoms with Gasteiger partial charge in [0.25, 0.3) is 0 Å². The average Bonchev–Trinajstić information content (AvgIpc) is 2.35. The van der Waals surface area contributed by atoms with Gasteiger partial charge in [0.1, 0.15) is 0 Å². The Kier molecular flexibility index (Phi) is 5.60. The van der Waals surface area contributed by atoms with Crippen molar-refractivity contribution in [2.24, 2.45) is 17.1 Å². The molecule has 2 atom stereocenters. The lowest BCUT2D eigenvalue weighted by molar-refractivity contribution is -0.148. The number of carboxylic acids is 1. The Morgan fingerprint density at radius 1 is 1.39 bits per heavy atom. The van der Waals surface area contributed by atoms with Crippen LogP contribution < -0.4 is 5.73 Å². The first-order valence-corrected chi connectivity index (χ1v) is 7.10. The summed E-state index contributed by atoms with van der Waals surface area (Å²) < 4.78 is 0. The van der Waals surface area contributed by atoms with E-state index in [0.717, 1.165) is 13.0 Å². The minimum absolute atomic E-state index is 0.465. The van der Waals surface area contributed by atoms with Crippen LogP contribution in [0.4, 0.5) is 0 Å². The fourth-order valence-corrected chi connectivity index (χ4v) is 2.98. The van der Waals surface area contributed by atoms with Crippen LogP contribution in [0.2, 0.25) is 0 Å². The van der Waals surface area contributed by atoms with Crippen molar-refractivity contribution in [1.29, 1.82) is 0 Å². The molecule has 18 heavy (non-hydrogen) atoms. The van der Waals surface area contributed by atoms with E-state index in [-0.39, 0.29) is 0 Å². The molecule has 1 aliphatic rings. The highest BCUT2D eigenvalue weighted by molar-refractivity contribution is 5.73. The SMILES string of the molecule is CCN(CC(C)(C)C(=O)O)C1CCCCC1CN. The molecule has 0 saturated heterocycles. The Hall–Kier alpha value is -0.610. The van der Waals surface area contributed by atoms with Crippen molar-refractivity contribution in [3.05, 3.63) is 0 Å². The Morgan fingerprint density at radius 2 is 2.00 bits per heavy atom. The van der Waals surface area contributed by atoms with Crippen molar-refractivity contribution in [2.75, 3.05) is 19.6 Å². The third kappa shape index (κ3) is 3.69. The number of nitrogens with two attached hydrogens (primary N) is 1. The van der Waals surface area contributed by atoms with Gasteiger partial charge in [-0.2, -0.15) is 0 Å². The summed E-state index contributed by atoms with van der Waals surface area (Å²) in [6.45, 7) is 7.95. The van der Waals surface area contributed by atoms with Crippen molar-refractivity contribution in [1.82, 2.24) is 4.90 Å². The predicted octanol–water partition coefficient (Wildman–Crippen LogP) is 1.94. The van der Waals surface area contributed by atoms with Gasteiger partial charge in [0, 0.05) is 12.6 Å². The van der Waals surface area contributed by atoms with Gasteiger partial charge in [-0.25, -0.2) is 0 Å². The maximum Gasteiger partial charge on any atom is 0.310 e. The highest BCUT2D eigenvalue weighted by Crippen LogP contribution is 2.30. The lowest BCUT2D eigenvalue weighted by Crippen LogP contribution is -2.49. The fourth-order valence-electron chi connectivity index (χ4n) is 2.98. The Bertz CT molecular complexity index is 279. The van der Waals surface area contributed by atoms with E-state index in [1.807, 2.05) is 0 Å². The number of aliphatic carboxylic acids is 1. The second-order valence-corrected chi connectivity index (χ2v) is 6.10. The maximum absolute atomic E-state index is 11.3. The van der Waals surface area contributed by atoms with Gasteiger partial charge in [-0.15, -0.1) is 0 Å². The summed E-state index contributed by atoms with van der Waals surface area (Å²) in [6.07, 6.45) is 4.85. The molecule has 0 aromatic heterocycles. The number of hydrogen-bond donors (Lipinski definition) is 2. The topological polar surface area (TPSA) is 66.6 Å². The largest absolute Gasteiger partial charge is 0.481 e. The van der Waals surface area contributed by atoms with E-state index in [0.29, 0.717) is 25.0 Å². The molecular formula is C14H28N2O2. The summed E-state index contributed by atoms with van der Waals surface area (Å²) in [5, 5.41) is 9.26. The van der Waals surface area contributed by atoms with Crippen LogP contribution in [0.3, 0.4) is 0 Å². The lowest BCUT2D eigenvalue weighted by atomic mass is 9.82. The van der Waals surface area contributed by atoms with E-state index in [1.165, 1.54) is 19.3 Å². The summed E-state index contributed by atoms with van der Waals surface area (Å²) in [6, 6.07) is 0.465. The molecular weight excluding hydrogens is 228 g/mol. The number of carbonyl (C=O) groups is 1. The first-order valence-electron chi connectivity index (χ1n) is 7.10. The van der Waals surface area contributed by atoms with Gasteiger partial charge in [-0.3, -0.25) is 9.69 Å². The molecule has 0 amide bonds. The summed E-state index contributed by atoms with van der Waals surface area (Å²) >= 11 is 0. The van der Waals surface area contributed by atoms with E-state index in [9.17, 15) is 9.90 Å². The highest BCUT2D eigenvalue weighted by atomic mass is 16.4. The molecule has 0 radical (unpaired) electrons. The fraction of sp³-hybridized carbons (Fsp3) is 0.929. The van der Waals surface area contributed by atoms with Crippen LogP contribution in [0.1, 0.15) is 46.5 Å². The summed E-state index contributed by atoms with van der Waals surface area (Å²) in [5.41, 5.74) is 5.18. The molecule has 0 heterocycles. The van der Waals surface area contributed by atoms with Crippen LogP contribution in [-0.4, -0.2) is 41.7 Å². The summed E-state index contributed by atoms with van der Waals surface area (Å²) in [7, 11) is 0. The Morgan fingerprint density at radius 3 is 2.50 bits per heavy atom. The molecule has 106 valence electrons. The van der Waals surface area contributed by atoms with E-state index in [4.69, 9.17) is 5.73 Å². The molecule has 1 fully saturated rings. The molecule has 1 rings (SSSR count). The molecule has 0 aromatic carbocycles. The summed E-state index contributed by atoms with van der Waals surface area (Å²) in [5.74, 6) is -0.190. The van der Waals surface area contributed by atoms with Crippen molar-refractivity contribution in [3.8, 4) is 0 Å². The van der Waals surface area contributed by atoms with Crippen LogP contribution >= 0.6 is 0 Å². The molecule has 0 bridgehead atoms. The zero-order valence-corrected chi connectivity index (χ0v) is 12.0. The van der Waals surface area contributed by atoms with Gasteiger partial charge in [0.15, 0.2) is 0 Å². The van der Waals surface area contributed by atoms with Crippen LogP contribution in [0, 0.1) is 11.3 Å². The Labute approximate surface area is 111 Å². The predicted molar refractivity (Wildman–Crippen MR) is 73.5 cm³/mol. The monoisotopic (exact) mass is 256 g/mol. The number of rotatable bonds is 6. The first-order chi connectivity index (χ1) is 8.42. The summed E-state index contributed by atoms with van der Waals surface area (Å²) in [4.78, 5) is 13.6. The van der Waals surface area contributed by atoms with Crippen LogP contribution in [-0.2, 0) is 4.79 Å². The van der Waals surface area contributed by atoms with Gasteiger partial charge in [-0.1, -0.05) is 19.8 Å². The lowest BCUT2D eigenvalue weighted by Gasteiger charge is -2.41. The Balaban J connectivity index is 2.72. The third-order valence-electron chi connectivity index (χ3n) is 4.22. The number of nitrogens with zero attached hydrogens (tertiary/aromatic N) is 1. The van der Waals surface area contributed by atoms with E-state index >= 15 is 0 Å². The molecule has 4 heteroatoms. The van der Waals surface area contributed by atoms with E-state index in [1.54, 1.807) is 13.8 Å². The zero-order chi connectivity index (χ0) is 13.8. The number of carboxylic acid groups (broad SMARTS) is 1. The van der Waals surface area contributed by atoms with Gasteiger partial charge in [0.2, 0.25) is 0 Å². The highest BCUT2D eigenvalue weighted by Gasteiger charge is 2.35. The van der Waals surface area contributed by atoms with E-state index < -0.39 is 11.4 Å². The molecule has 4 nitrogen and oxygen atoms in total. The minimum atomic E-state index is -0.721. The zero-order valence-electron chi connectivity index (χ0n) is 12.0. The van der Waals surface area contributed by atoms with Crippen molar-refractivity contribution < 1.29 is 9.90 Å². The average molecular weight is 256 g/mol. The smallest absolute Gasteiger partial charge is 0.310 e. The van der Waals surface area contributed by atoms with Crippen LogP contribution in [0.25, 0.3) is 0 Å². The van der Waals surface area contributed by atoms with Crippen LogP contribution in [0.15, 0.2) is 0 Å². The standard InChI is InChI=1S/C14H28N2O2/c1-4-16(10-14(2,3)13(17)18)12-8-6-5-7-11(12)9-15/h11-12H,4-10,15H2,1-3H3,(H,17,18). The second-order valence-electron chi connectivity index (χ2n) is 6.10. The molecule has 3 N–H and O–H groups in total. The molecule has 2 unspecified atom stereocenters. The molecule has 1 saturated carbocycles. The quantitative estimate of drug-likeness (QED) is 0.762. The first kappa shape index (κ1) is 15.4. The molecule has 0 aliphatic heterocycles. The number of hydrogen-bond acceptors (Lipinski definition) is 3. The van der Waals surface area contributed by atoms with Crippen molar-refractivity contribution in [2.45, 2.75) is 52.5 Å². The maximum atomic E-state index is 11.3. The molecule has 1 aliphatic carbocycles. The van der Waals surface area contributed by atoms with Crippen molar-refractivity contribution in [3.63, 3.8) is 0 Å². The van der Waals surface area contributed by atoms with Gasteiger partial charge >= 0.3 is 5.97 Å². The normalized spacial score (nSPS) is 25.4. The van der Waals surface area contributed by atoms with E-state index in [2.05, 4.69) is 11.8 Å². The van der Waals surface area contributed by atoms with Crippen molar-refractivity contribution >= 4 is 5.97 Å². The molecule has 0 spiro atoms. The van der Waals surface area contributed by atoms with Crippen LogP contribution in [0.5, 0.6) is 0 Å². The van der Waals surface area contributed by atoms with Gasteiger partial charge in [-0.05, 0) is 45.7 Å². The molecule has 0 aromatic rings.